The van der Waals surface area contributed by atoms with Gasteiger partial charge >= 0.3 is 0 Å². The number of nitrogens with zero attached hydrogens (tertiary/aromatic N) is 2. The van der Waals surface area contributed by atoms with Crippen molar-refractivity contribution in [3.8, 4) is 5.88 Å². The molecule has 0 spiro atoms. The lowest BCUT2D eigenvalue weighted by atomic mass is 10.3. The number of halogens is 2. The first-order valence-electron chi connectivity index (χ1n) is 4.58. The lowest BCUT2D eigenvalue weighted by Gasteiger charge is -2.35. The molecule has 86 valence electrons. The van der Waals surface area contributed by atoms with E-state index in [0.29, 0.717) is 23.3 Å². The van der Waals surface area contributed by atoms with Crippen molar-refractivity contribution >= 4 is 10.0 Å². The van der Waals surface area contributed by atoms with Crippen LogP contribution < -0.4 is 4.74 Å². The first-order chi connectivity index (χ1) is 6.91. The van der Waals surface area contributed by atoms with Gasteiger partial charge in [0.15, 0.2) is 0 Å². The molecule has 0 bridgehead atoms. The van der Waals surface area contributed by atoms with E-state index < -0.39 is 16.5 Å². The van der Waals surface area contributed by atoms with E-state index >= 15 is 0 Å². The zero-order valence-electron chi connectivity index (χ0n) is 8.96. The normalized spacial score (nSPS) is 20.9. The maximum absolute atomic E-state index is 12.6. The van der Waals surface area contributed by atoms with Gasteiger partial charge in [-0.3, -0.25) is 0 Å². The summed E-state index contributed by atoms with van der Waals surface area (Å²) in [5.74, 6) is 1.84. The predicted octanol–water partition coefficient (Wildman–Crippen LogP) is 2.50. The molecular formula is C9H14F2N2OS. The molecule has 1 aliphatic heterocycles. The number of rotatable bonds is 1. The van der Waals surface area contributed by atoms with Gasteiger partial charge in [-0.25, -0.2) is 13.5 Å². The standard InChI is InChI=1S/C9H14F2N2OS/c1-6-7(8(10)11)12-13-4-15(2,3)5-14-9(6)13/h8H,4-5H2,1-3H3. The number of fused-ring (bicyclic) bond motifs is 1. The summed E-state index contributed by atoms with van der Waals surface area (Å²) in [5.41, 5.74) is 0.321. The minimum absolute atomic E-state index is 0.151. The highest BCUT2D eigenvalue weighted by Crippen LogP contribution is 2.47. The Balaban J connectivity index is 2.41. The van der Waals surface area contributed by atoms with Crippen LogP contribution in [0.2, 0.25) is 0 Å². The van der Waals surface area contributed by atoms with Crippen LogP contribution in [0.25, 0.3) is 0 Å². The van der Waals surface area contributed by atoms with Gasteiger partial charge in [-0.1, -0.05) is 0 Å². The summed E-state index contributed by atoms with van der Waals surface area (Å²) in [6.45, 7) is 1.63. The van der Waals surface area contributed by atoms with Crippen LogP contribution >= 0.6 is 10.0 Å². The fourth-order valence-corrected chi connectivity index (χ4v) is 2.96. The molecule has 3 nitrogen and oxygen atoms in total. The molecule has 2 rings (SSSR count). The van der Waals surface area contributed by atoms with Crippen molar-refractivity contribution in [2.24, 2.45) is 0 Å². The van der Waals surface area contributed by atoms with Crippen LogP contribution in [0.3, 0.4) is 0 Å². The van der Waals surface area contributed by atoms with Crippen molar-refractivity contribution < 1.29 is 13.5 Å². The summed E-state index contributed by atoms with van der Waals surface area (Å²) in [4.78, 5) is 0. The van der Waals surface area contributed by atoms with Gasteiger partial charge in [-0.05, 0) is 19.4 Å². The van der Waals surface area contributed by atoms with Gasteiger partial charge in [0.25, 0.3) is 6.43 Å². The van der Waals surface area contributed by atoms with E-state index in [1.54, 1.807) is 11.6 Å². The highest BCUT2D eigenvalue weighted by atomic mass is 32.3. The molecule has 1 aromatic rings. The number of aromatic nitrogens is 2. The van der Waals surface area contributed by atoms with E-state index in [-0.39, 0.29) is 5.69 Å². The summed E-state index contributed by atoms with van der Waals surface area (Å²) in [7, 11) is -0.892. The molecule has 2 heterocycles. The number of alkyl halides is 2. The van der Waals surface area contributed by atoms with Gasteiger partial charge in [-0.15, -0.1) is 0 Å². The zero-order chi connectivity index (χ0) is 11.2. The van der Waals surface area contributed by atoms with Crippen LogP contribution in [0.15, 0.2) is 0 Å². The van der Waals surface area contributed by atoms with Crippen molar-refractivity contribution in [2.45, 2.75) is 19.2 Å². The average molecular weight is 236 g/mol. The highest BCUT2D eigenvalue weighted by Gasteiger charge is 2.29. The second-order valence-corrected chi connectivity index (χ2v) is 8.30. The molecule has 0 N–H and O–H groups in total. The van der Waals surface area contributed by atoms with Gasteiger partial charge in [0.2, 0.25) is 5.88 Å². The molecule has 0 atom stereocenters. The fourth-order valence-electron chi connectivity index (χ4n) is 1.61. The molecule has 15 heavy (non-hydrogen) atoms. The van der Waals surface area contributed by atoms with Crippen LogP contribution in [0.1, 0.15) is 17.7 Å². The van der Waals surface area contributed by atoms with Crippen molar-refractivity contribution in [3.05, 3.63) is 11.3 Å². The van der Waals surface area contributed by atoms with Crippen molar-refractivity contribution in [1.82, 2.24) is 9.78 Å². The van der Waals surface area contributed by atoms with E-state index in [1.165, 1.54) is 0 Å². The Morgan fingerprint density at radius 2 is 2.13 bits per heavy atom. The summed E-state index contributed by atoms with van der Waals surface area (Å²) in [6.07, 6.45) is 1.69. The maximum Gasteiger partial charge on any atom is 0.282 e. The van der Waals surface area contributed by atoms with E-state index in [9.17, 15) is 8.78 Å². The number of ether oxygens (including phenoxy) is 1. The lowest BCUT2D eigenvalue weighted by molar-refractivity contribution is 0.144. The Kier molecular flexibility index (Phi) is 2.41. The average Bonchev–Trinajstić information content (AvgIpc) is 2.41. The molecule has 0 aliphatic carbocycles. The van der Waals surface area contributed by atoms with Crippen LogP contribution in [-0.4, -0.2) is 28.2 Å². The van der Waals surface area contributed by atoms with E-state index in [1.807, 2.05) is 0 Å². The van der Waals surface area contributed by atoms with Crippen LogP contribution in [-0.2, 0) is 5.88 Å². The molecule has 0 saturated heterocycles. The monoisotopic (exact) mass is 236 g/mol. The Morgan fingerprint density at radius 1 is 1.47 bits per heavy atom. The first kappa shape index (κ1) is 10.7. The third kappa shape index (κ3) is 1.82. The SMILES string of the molecule is Cc1c(C(F)F)nn2c1OCS(C)(C)C2. The third-order valence-electron chi connectivity index (χ3n) is 2.36. The molecule has 0 saturated carbocycles. The van der Waals surface area contributed by atoms with E-state index in [4.69, 9.17) is 4.74 Å². The molecular weight excluding hydrogens is 222 g/mol. The number of hydrogen-bond acceptors (Lipinski definition) is 2. The first-order valence-corrected chi connectivity index (χ1v) is 7.36. The predicted molar refractivity (Wildman–Crippen MR) is 56.9 cm³/mol. The molecule has 0 aromatic carbocycles. The molecule has 1 aliphatic rings. The van der Waals surface area contributed by atoms with Gasteiger partial charge in [-0.2, -0.15) is 15.1 Å². The quantitative estimate of drug-likeness (QED) is 0.749. The van der Waals surface area contributed by atoms with Crippen molar-refractivity contribution in [3.63, 3.8) is 0 Å². The summed E-state index contributed by atoms with van der Waals surface area (Å²) in [6, 6.07) is 0. The molecule has 6 heteroatoms. The smallest absolute Gasteiger partial charge is 0.282 e. The molecule has 0 unspecified atom stereocenters. The van der Waals surface area contributed by atoms with Crippen LogP contribution in [0.5, 0.6) is 5.88 Å². The Bertz CT molecular complexity index is 390. The van der Waals surface area contributed by atoms with Crippen molar-refractivity contribution in [1.29, 1.82) is 0 Å². The van der Waals surface area contributed by atoms with Gasteiger partial charge < -0.3 is 4.74 Å². The minimum atomic E-state index is -2.52. The van der Waals surface area contributed by atoms with Gasteiger partial charge in [0.1, 0.15) is 11.6 Å². The Hall–Kier alpha value is -0.780. The summed E-state index contributed by atoms with van der Waals surface area (Å²) in [5, 5.41) is 3.91. The topological polar surface area (TPSA) is 27.1 Å². The fraction of sp³-hybridized carbons (Fsp3) is 0.667. The molecule has 1 aromatic heterocycles. The minimum Gasteiger partial charge on any atom is -0.468 e. The van der Waals surface area contributed by atoms with Crippen molar-refractivity contribution in [2.75, 3.05) is 18.5 Å². The highest BCUT2D eigenvalue weighted by molar-refractivity contribution is 8.31. The molecule has 0 radical (unpaired) electrons. The van der Waals surface area contributed by atoms with Gasteiger partial charge in [0, 0.05) is 5.56 Å². The second kappa shape index (κ2) is 3.37. The maximum atomic E-state index is 12.6. The van der Waals surface area contributed by atoms with Crippen LogP contribution in [0.4, 0.5) is 8.78 Å². The Labute approximate surface area is 88.7 Å². The van der Waals surface area contributed by atoms with Crippen LogP contribution in [0, 0.1) is 6.92 Å². The third-order valence-corrected chi connectivity index (χ3v) is 4.06. The Morgan fingerprint density at radius 3 is 2.73 bits per heavy atom. The molecule has 0 fully saturated rings. The number of hydrogen-bond donors (Lipinski definition) is 0. The van der Waals surface area contributed by atoms with E-state index in [2.05, 4.69) is 17.6 Å². The summed E-state index contributed by atoms with van der Waals surface area (Å²) >= 11 is 0. The van der Waals surface area contributed by atoms with E-state index in [0.717, 1.165) is 0 Å². The summed E-state index contributed by atoms with van der Waals surface area (Å²) < 4.78 is 32.2. The lowest BCUT2D eigenvalue weighted by Crippen LogP contribution is -2.22. The largest absolute Gasteiger partial charge is 0.468 e. The van der Waals surface area contributed by atoms with Gasteiger partial charge in [0.05, 0.1) is 5.88 Å². The second-order valence-electron chi connectivity index (χ2n) is 4.27. The zero-order valence-corrected chi connectivity index (χ0v) is 9.77. The molecule has 0 amide bonds.